The lowest BCUT2D eigenvalue weighted by Crippen LogP contribution is -2.49. The summed E-state index contributed by atoms with van der Waals surface area (Å²) in [4.78, 5) is 30.2. The summed E-state index contributed by atoms with van der Waals surface area (Å²) >= 11 is 7.49. The molecule has 1 aromatic carbocycles. The van der Waals surface area contributed by atoms with E-state index < -0.39 is 0 Å². The van der Waals surface area contributed by atoms with Crippen LogP contribution in [0.5, 0.6) is 0 Å². The zero-order valence-electron chi connectivity index (χ0n) is 15.9. The minimum atomic E-state index is -0.208. The average molecular weight is 405 g/mol. The van der Waals surface area contributed by atoms with E-state index in [9.17, 15) is 9.59 Å². The Hall–Kier alpha value is -1.85. The summed E-state index contributed by atoms with van der Waals surface area (Å²) in [5.41, 5.74) is 3.51. The Kier molecular flexibility index (Phi) is 6.22. The van der Waals surface area contributed by atoms with Gasteiger partial charge in [-0.3, -0.25) is 9.59 Å². The number of aryl methyl sites for hydroxylation is 1. The number of carbonyl (C=O) groups is 2. The Balaban J connectivity index is 1.95. The van der Waals surface area contributed by atoms with Crippen LogP contribution < -0.4 is 0 Å². The van der Waals surface area contributed by atoms with E-state index in [0.29, 0.717) is 6.54 Å². The highest BCUT2D eigenvalue weighted by molar-refractivity contribution is 7.10. The van der Waals surface area contributed by atoms with Crippen LogP contribution in [0.15, 0.2) is 35.7 Å². The summed E-state index contributed by atoms with van der Waals surface area (Å²) in [6.07, 6.45) is 0.853. The number of alkyl halides is 1. The van der Waals surface area contributed by atoms with E-state index in [1.807, 2.05) is 30.9 Å². The van der Waals surface area contributed by atoms with Crippen LogP contribution in [0, 0.1) is 6.92 Å². The Morgan fingerprint density at radius 1 is 1.26 bits per heavy atom. The van der Waals surface area contributed by atoms with Gasteiger partial charge in [0.2, 0.25) is 11.8 Å². The molecule has 144 valence electrons. The molecule has 4 nitrogen and oxygen atoms in total. The molecular weight excluding hydrogens is 380 g/mol. The highest BCUT2D eigenvalue weighted by atomic mass is 35.5. The molecule has 0 radical (unpaired) electrons. The quantitative estimate of drug-likeness (QED) is 0.706. The maximum atomic E-state index is 13.3. The van der Waals surface area contributed by atoms with Crippen molar-refractivity contribution in [3.63, 3.8) is 0 Å². The highest BCUT2D eigenvalue weighted by Crippen LogP contribution is 2.39. The van der Waals surface area contributed by atoms with Crippen LogP contribution in [0.4, 0.5) is 0 Å². The molecule has 2 amide bonds. The van der Waals surface area contributed by atoms with E-state index in [-0.39, 0.29) is 36.3 Å². The molecule has 0 bridgehead atoms. The van der Waals surface area contributed by atoms with E-state index in [0.717, 1.165) is 17.5 Å². The highest BCUT2D eigenvalue weighted by Gasteiger charge is 2.34. The molecule has 0 saturated heterocycles. The normalized spacial score (nSPS) is 16.3. The van der Waals surface area contributed by atoms with E-state index in [4.69, 9.17) is 11.6 Å². The Morgan fingerprint density at radius 2 is 2.00 bits per heavy atom. The maximum absolute atomic E-state index is 13.3. The van der Waals surface area contributed by atoms with Gasteiger partial charge in [-0.15, -0.1) is 22.9 Å². The van der Waals surface area contributed by atoms with Crippen LogP contribution in [0.25, 0.3) is 0 Å². The smallest absolute Gasteiger partial charge is 0.243 e. The maximum Gasteiger partial charge on any atom is 0.243 e. The number of amides is 2. The molecule has 0 aliphatic carbocycles. The first-order chi connectivity index (χ1) is 12.9. The van der Waals surface area contributed by atoms with Gasteiger partial charge >= 0.3 is 0 Å². The topological polar surface area (TPSA) is 40.6 Å². The minimum absolute atomic E-state index is 0.0349. The van der Waals surface area contributed by atoms with Crippen LogP contribution in [0.3, 0.4) is 0 Å². The van der Waals surface area contributed by atoms with Gasteiger partial charge < -0.3 is 9.80 Å². The zero-order valence-corrected chi connectivity index (χ0v) is 17.5. The third-order valence-electron chi connectivity index (χ3n) is 5.13. The standard InChI is InChI=1S/C21H25ClN2O2S/c1-14(2)24(19(25)12-22)13-20(26)23-10-8-18-17(9-11-27-18)21(23)16-7-5-4-6-15(16)3/h4-7,9,11,14,21H,8,10,12-13H2,1-3H3/t21-/m1/s1. The van der Waals surface area contributed by atoms with Crippen LogP contribution >= 0.6 is 22.9 Å². The molecule has 0 spiro atoms. The molecule has 0 unspecified atom stereocenters. The Bertz CT molecular complexity index is 833. The van der Waals surface area contributed by atoms with E-state index in [1.54, 1.807) is 16.2 Å². The lowest BCUT2D eigenvalue weighted by Gasteiger charge is -2.38. The number of fused-ring (bicyclic) bond motifs is 1. The first-order valence-electron chi connectivity index (χ1n) is 9.20. The summed E-state index contributed by atoms with van der Waals surface area (Å²) in [6, 6.07) is 10.2. The average Bonchev–Trinajstić information content (AvgIpc) is 3.13. The minimum Gasteiger partial charge on any atom is -0.330 e. The van der Waals surface area contributed by atoms with Crippen molar-refractivity contribution in [2.24, 2.45) is 0 Å². The molecule has 0 saturated carbocycles. The molecular formula is C21H25ClN2O2S. The third-order valence-corrected chi connectivity index (χ3v) is 6.36. The van der Waals surface area contributed by atoms with Gasteiger partial charge in [-0.2, -0.15) is 0 Å². The summed E-state index contributed by atoms with van der Waals surface area (Å²) < 4.78 is 0. The van der Waals surface area contributed by atoms with Crippen LogP contribution in [-0.4, -0.2) is 46.6 Å². The van der Waals surface area contributed by atoms with Crippen LogP contribution in [-0.2, 0) is 16.0 Å². The van der Waals surface area contributed by atoms with Gasteiger partial charge in [-0.25, -0.2) is 0 Å². The second-order valence-corrected chi connectivity index (χ2v) is 8.41. The van der Waals surface area contributed by atoms with Crippen LogP contribution in [0.2, 0.25) is 0 Å². The van der Waals surface area contributed by atoms with Crippen molar-refractivity contribution in [2.75, 3.05) is 19.0 Å². The molecule has 6 heteroatoms. The molecule has 1 aliphatic rings. The lowest BCUT2D eigenvalue weighted by molar-refractivity contribution is -0.141. The summed E-state index contributed by atoms with van der Waals surface area (Å²) in [7, 11) is 0. The second kappa shape index (κ2) is 8.44. The van der Waals surface area contributed by atoms with Gasteiger partial charge in [0.1, 0.15) is 12.4 Å². The van der Waals surface area contributed by atoms with Crippen molar-refractivity contribution in [1.29, 1.82) is 0 Å². The van der Waals surface area contributed by atoms with Crippen molar-refractivity contribution in [1.82, 2.24) is 9.80 Å². The first kappa shape index (κ1) is 19.9. The lowest BCUT2D eigenvalue weighted by atomic mass is 9.90. The van der Waals surface area contributed by atoms with Gasteiger partial charge in [0.05, 0.1) is 6.04 Å². The summed E-state index contributed by atoms with van der Waals surface area (Å²) in [6.45, 7) is 6.61. The number of carbonyl (C=O) groups excluding carboxylic acids is 2. The predicted octanol–water partition coefficient (Wildman–Crippen LogP) is 4.01. The van der Waals surface area contributed by atoms with E-state index in [1.165, 1.54) is 10.4 Å². The van der Waals surface area contributed by atoms with Gasteiger partial charge in [0.15, 0.2) is 0 Å². The third kappa shape index (κ3) is 4.04. The van der Waals surface area contributed by atoms with Gasteiger partial charge in [-0.1, -0.05) is 24.3 Å². The number of halogens is 1. The van der Waals surface area contributed by atoms with E-state index in [2.05, 4.69) is 30.5 Å². The van der Waals surface area contributed by atoms with E-state index >= 15 is 0 Å². The number of nitrogens with zero attached hydrogens (tertiary/aromatic N) is 2. The molecule has 0 fully saturated rings. The predicted molar refractivity (Wildman–Crippen MR) is 110 cm³/mol. The van der Waals surface area contributed by atoms with Crippen LogP contribution in [0.1, 0.15) is 41.5 Å². The summed E-state index contributed by atoms with van der Waals surface area (Å²) in [5, 5.41) is 2.10. The van der Waals surface area contributed by atoms with Gasteiger partial charge in [0.25, 0.3) is 0 Å². The number of hydrogen-bond donors (Lipinski definition) is 0. The van der Waals surface area contributed by atoms with Gasteiger partial charge in [0, 0.05) is 17.5 Å². The zero-order chi connectivity index (χ0) is 19.6. The molecule has 27 heavy (non-hydrogen) atoms. The first-order valence-corrected chi connectivity index (χ1v) is 10.6. The monoisotopic (exact) mass is 404 g/mol. The molecule has 3 rings (SSSR count). The Morgan fingerprint density at radius 3 is 2.67 bits per heavy atom. The van der Waals surface area contributed by atoms with Gasteiger partial charge in [-0.05, 0) is 55.3 Å². The molecule has 1 aliphatic heterocycles. The number of rotatable bonds is 5. The molecule has 1 atom stereocenters. The van der Waals surface area contributed by atoms with Crippen molar-refractivity contribution in [3.05, 3.63) is 57.3 Å². The van der Waals surface area contributed by atoms with Crippen molar-refractivity contribution in [2.45, 2.75) is 39.3 Å². The fraction of sp³-hybridized carbons (Fsp3) is 0.429. The van der Waals surface area contributed by atoms with Crippen molar-refractivity contribution in [3.8, 4) is 0 Å². The Labute approximate surface area is 169 Å². The number of thiophene rings is 1. The van der Waals surface area contributed by atoms with Crippen molar-refractivity contribution < 1.29 is 9.59 Å². The SMILES string of the molecule is Cc1ccccc1[C@@H]1c2ccsc2CCN1C(=O)CN(C(=O)CCl)C(C)C. The largest absolute Gasteiger partial charge is 0.330 e. The molecule has 0 N–H and O–H groups in total. The van der Waals surface area contributed by atoms with Crippen molar-refractivity contribution >= 4 is 34.8 Å². The number of hydrogen-bond acceptors (Lipinski definition) is 3. The second-order valence-electron chi connectivity index (χ2n) is 7.14. The molecule has 2 heterocycles. The number of benzene rings is 1. The molecule has 2 aromatic rings. The fourth-order valence-corrected chi connectivity index (χ4v) is 4.74. The summed E-state index contributed by atoms with van der Waals surface area (Å²) in [5.74, 6) is -0.352. The fourth-order valence-electron chi connectivity index (χ4n) is 3.69. The molecule has 1 aromatic heterocycles.